The number of carboxylic acid groups (broad SMARTS) is 1. The van der Waals surface area contributed by atoms with E-state index in [9.17, 15) is 14.7 Å². The van der Waals surface area contributed by atoms with Crippen molar-refractivity contribution in [3.8, 4) is 0 Å². The Morgan fingerprint density at radius 2 is 1.89 bits per heavy atom. The zero-order valence-electron chi connectivity index (χ0n) is 11.8. The maximum Gasteiger partial charge on any atom is 0.317 e. The van der Waals surface area contributed by atoms with Gasteiger partial charge in [0.2, 0.25) is 5.91 Å². The Kier molecular flexibility index (Phi) is 7.39. The van der Waals surface area contributed by atoms with Crippen LogP contribution in [-0.4, -0.2) is 50.8 Å². The first kappa shape index (κ1) is 18.2. The van der Waals surface area contributed by atoms with Gasteiger partial charge < -0.3 is 21.3 Å². The lowest BCUT2D eigenvalue weighted by molar-refractivity contribution is -0.138. The molecule has 0 aromatic heterocycles. The highest BCUT2D eigenvalue weighted by atomic mass is 32.2. The minimum absolute atomic E-state index is 0.107. The van der Waals surface area contributed by atoms with Crippen molar-refractivity contribution in [2.45, 2.75) is 57.1 Å². The van der Waals surface area contributed by atoms with Crippen molar-refractivity contribution in [3.05, 3.63) is 0 Å². The van der Waals surface area contributed by atoms with Crippen molar-refractivity contribution >= 4 is 23.6 Å². The second-order valence-corrected chi connectivity index (χ2v) is 6.80. The van der Waals surface area contributed by atoms with Crippen molar-refractivity contribution in [1.29, 1.82) is 0 Å². The molecule has 0 saturated heterocycles. The molecular weight excluding hydrogens is 268 g/mol. The SMILES string of the molecule is CC(O)C(N)CSC(CC(=O)NC(C)(C)C)C(=O)O. The third-order valence-electron chi connectivity index (χ3n) is 2.27. The summed E-state index contributed by atoms with van der Waals surface area (Å²) in [6, 6.07) is -0.502. The number of aliphatic hydroxyl groups is 1. The monoisotopic (exact) mass is 292 g/mol. The van der Waals surface area contributed by atoms with Gasteiger partial charge in [0, 0.05) is 23.8 Å². The summed E-state index contributed by atoms with van der Waals surface area (Å²) in [5, 5.41) is 20.2. The third-order valence-corrected chi connectivity index (χ3v) is 3.62. The molecule has 0 aromatic carbocycles. The summed E-state index contributed by atoms with van der Waals surface area (Å²) in [7, 11) is 0. The Morgan fingerprint density at radius 1 is 1.37 bits per heavy atom. The van der Waals surface area contributed by atoms with Crippen molar-refractivity contribution in [1.82, 2.24) is 5.32 Å². The van der Waals surface area contributed by atoms with Gasteiger partial charge in [-0.2, -0.15) is 0 Å². The van der Waals surface area contributed by atoms with E-state index in [1.54, 1.807) is 6.92 Å². The van der Waals surface area contributed by atoms with Gasteiger partial charge in [0.25, 0.3) is 0 Å². The number of hydrogen-bond donors (Lipinski definition) is 4. The van der Waals surface area contributed by atoms with Crippen molar-refractivity contribution < 1.29 is 19.8 Å². The van der Waals surface area contributed by atoms with Crippen LogP contribution in [0.3, 0.4) is 0 Å². The first-order valence-electron chi connectivity index (χ1n) is 6.12. The summed E-state index contributed by atoms with van der Waals surface area (Å²) in [6.07, 6.45) is -0.811. The maximum absolute atomic E-state index is 11.7. The van der Waals surface area contributed by atoms with Crippen LogP contribution >= 0.6 is 11.8 Å². The Bertz CT molecular complexity index is 315. The fourth-order valence-electron chi connectivity index (χ4n) is 1.22. The molecule has 112 valence electrons. The molecule has 0 aliphatic heterocycles. The van der Waals surface area contributed by atoms with E-state index in [0.717, 1.165) is 11.8 Å². The molecule has 3 unspecified atom stereocenters. The third kappa shape index (κ3) is 8.85. The zero-order chi connectivity index (χ0) is 15.2. The predicted octanol–water partition coefficient (Wildman–Crippen LogP) is 0.186. The van der Waals surface area contributed by atoms with E-state index in [2.05, 4.69) is 5.32 Å². The number of carbonyl (C=O) groups excluding carboxylic acids is 1. The fourth-order valence-corrected chi connectivity index (χ4v) is 2.37. The molecule has 5 N–H and O–H groups in total. The zero-order valence-corrected chi connectivity index (χ0v) is 12.7. The van der Waals surface area contributed by atoms with Crippen LogP contribution in [0.5, 0.6) is 0 Å². The van der Waals surface area contributed by atoms with Gasteiger partial charge in [0.1, 0.15) is 5.25 Å². The number of aliphatic carboxylic acids is 1. The smallest absolute Gasteiger partial charge is 0.317 e. The van der Waals surface area contributed by atoms with Gasteiger partial charge in [0.15, 0.2) is 0 Å². The van der Waals surface area contributed by atoms with Crippen LogP contribution in [0.2, 0.25) is 0 Å². The molecule has 0 aromatic rings. The first-order chi connectivity index (χ1) is 8.53. The maximum atomic E-state index is 11.7. The fraction of sp³-hybridized carbons (Fsp3) is 0.833. The molecule has 0 aliphatic rings. The quantitative estimate of drug-likeness (QED) is 0.533. The number of nitrogens with one attached hydrogen (secondary N) is 1. The number of amides is 1. The van der Waals surface area contributed by atoms with Gasteiger partial charge in [-0.1, -0.05) is 0 Å². The predicted molar refractivity (Wildman–Crippen MR) is 76.1 cm³/mol. The van der Waals surface area contributed by atoms with Crippen LogP contribution < -0.4 is 11.1 Å². The molecule has 0 radical (unpaired) electrons. The van der Waals surface area contributed by atoms with Crippen molar-refractivity contribution in [2.75, 3.05) is 5.75 Å². The number of carboxylic acids is 1. The number of thioether (sulfide) groups is 1. The van der Waals surface area contributed by atoms with E-state index in [1.807, 2.05) is 20.8 Å². The molecule has 0 rings (SSSR count). The van der Waals surface area contributed by atoms with Gasteiger partial charge in [-0.15, -0.1) is 11.8 Å². The van der Waals surface area contributed by atoms with Gasteiger partial charge in [0.05, 0.1) is 6.10 Å². The number of rotatable bonds is 7. The number of carbonyl (C=O) groups is 2. The summed E-state index contributed by atoms with van der Waals surface area (Å²) in [5.41, 5.74) is 5.25. The van der Waals surface area contributed by atoms with Gasteiger partial charge in [-0.3, -0.25) is 9.59 Å². The summed E-state index contributed by atoms with van der Waals surface area (Å²) < 4.78 is 0. The highest BCUT2D eigenvalue weighted by Crippen LogP contribution is 2.17. The topological polar surface area (TPSA) is 113 Å². The van der Waals surface area contributed by atoms with E-state index in [1.165, 1.54) is 0 Å². The molecule has 0 fully saturated rings. The van der Waals surface area contributed by atoms with Crippen LogP contribution in [0.15, 0.2) is 0 Å². The minimum atomic E-state index is -1.05. The second kappa shape index (κ2) is 7.72. The van der Waals surface area contributed by atoms with E-state index in [4.69, 9.17) is 10.8 Å². The second-order valence-electron chi connectivity index (χ2n) is 5.57. The molecule has 0 bridgehead atoms. The highest BCUT2D eigenvalue weighted by Gasteiger charge is 2.25. The van der Waals surface area contributed by atoms with Crippen molar-refractivity contribution in [3.63, 3.8) is 0 Å². The van der Waals surface area contributed by atoms with Gasteiger partial charge in [-0.25, -0.2) is 0 Å². The Balaban J connectivity index is 4.35. The lowest BCUT2D eigenvalue weighted by Gasteiger charge is -2.22. The molecular formula is C12H24N2O4S. The Morgan fingerprint density at radius 3 is 2.26 bits per heavy atom. The molecule has 19 heavy (non-hydrogen) atoms. The lowest BCUT2D eigenvalue weighted by Crippen LogP contribution is -2.42. The lowest BCUT2D eigenvalue weighted by atomic mass is 10.1. The van der Waals surface area contributed by atoms with Crippen LogP contribution in [0.4, 0.5) is 0 Å². The number of aliphatic hydroxyl groups excluding tert-OH is 1. The number of nitrogens with two attached hydrogens (primary N) is 1. The van der Waals surface area contributed by atoms with Crippen LogP contribution in [0, 0.1) is 0 Å². The summed E-state index contributed by atoms with van der Waals surface area (Å²) >= 11 is 1.08. The van der Waals surface area contributed by atoms with Gasteiger partial charge in [-0.05, 0) is 27.7 Å². The normalized spacial score (nSPS) is 16.5. The molecule has 6 nitrogen and oxygen atoms in total. The first-order valence-corrected chi connectivity index (χ1v) is 7.17. The van der Waals surface area contributed by atoms with Crippen molar-refractivity contribution in [2.24, 2.45) is 5.73 Å². The van der Waals surface area contributed by atoms with E-state index >= 15 is 0 Å². The van der Waals surface area contributed by atoms with E-state index < -0.39 is 23.4 Å². The average molecular weight is 292 g/mol. The molecule has 0 spiro atoms. The molecule has 1 amide bonds. The molecule has 0 heterocycles. The highest BCUT2D eigenvalue weighted by molar-refractivity contribution is 8.00. The molecule has 3 atom stereocenters. The van der Waals surface area contributed by atoms with Crippen LogP contribution in [-0.2, 0) is 9.59 Å². The van der Waals surface area contributed by atoms with Crippen LogP contribution in [0.1, 0.15) is 34.1 Å². The van der Waals surface area contributed by atoms with E-state index in [-0.39, 0.29) is 23.6 Å². The largest absolute Gasteiger partial charge is 0.480 e. The summed E-state index contributed by atoms with van der Waals surface area (Å²) in [5.74, 6) is -1.07. The molecule has 0 saturated carbocycles. The summed E-state index contributed by atoms with van der Waals surface area (Å²) in [6.45, 7) is 7.04. The molecule has 7 heteroatoms. The summed E-state index contributed by atoms with van der Waals surface area (Å²) in [4.78, 5) is 22.8. The van der Waals surface area contributed by atoms with Crippen LogP contribution in [0.25, 0.3) is 0 Å². The number of hydrogen-bond acceptors (Lipinski definition) is 5. The van der Waals surface area contributed by atoms with E-state index in [0.29, 0.717) is 0 Å². The average Bonchev–Trinajstić information content (AvgIpc) is 2.20. The minimum Gasteiger partial charge on any atom is -0.480 e. The molecule has 0 aliphatic carbocycles. The standard InChI is InChI=1S/C12H24N2O4S/c1-7(15)8(13)6-19-9(11(17)18)5-10(16)14-12(2,3)4/h7-9,15H,5-6,13H2,1-4H3,(H,14,16)(H,17,18). The Hall–Kier alpha value is -0.790. The van der Waals surface area contributed by atoms with Gasteiger partial charge >= 0.3 is 5.97 Å². The Labute approximate surface area is 118 Å².